The molecule has 0 amide bonds. The van der Waals surface area contributed by atoms with Gasteiger partial charge in [0.15, 0.2) is 0 Å². The summed E-state index contributed by atoms with van der Waals surface area (Å²) in [5.74, 6) is 3.99. The molecular formula is C31H31NO5. The van der Waals surface area contributed by atoms with Crippen LogP contribution in [0.15, 0.2) is 78.6 Å². The number of carboxylic acids is 1. The summed E-state index contributed by atoms with van der Waals surface area (Å²) in [4.78, 5) is 12.7. The summed E-state index contributed by atoms with van der Waals surface area (Å²) < 4.78 is 18.7. The normalized spacial score (nSPS) is 13.8. The summed E-state index contributed by atoms with van der Waals surface area (Å²) in [6.45, 7) is 7.30. The second-order valence-electron chi connectivity index (χ2n) is 8.85. The molecule has 1 saturated carbocycles. The number of fused-ring (bicyclic) bond motifs is 1. The molecule has 2 aromatic carbocycles. The monoisotopic (exact) mass is 497 g/mol. The molecule has 0 bridgehead atoms. The number of ether oxygens (including phenoxy) is 3. The third kappa shape index (κ3) is 5.90. The number of carboxylic acid groups (broad SMARTS) is 1. The SMILES string of the molecule is C#C/C=C(\C=C(/C=C)Cn1c(C(=O)O)c(-c2ccc(OCC3CC3)cc2)c2cc(OCC)ccc21)OC. The van der Waals surface area contributed by atoms with E-state index >= 15 is 0 Å². The molecule has 1 aliphatic rings. The van der Waals surface area contributed by atoms with Crippen molar-refractivity contribution in [3.8, 4) is 35.0 Å². The predicted octanol–water partition coefficient (Wildman–Crippen LogP) is 6.47. The number of carbonyl (C=O) groups is 1. The van der Waals surface area contributed by atoms with Gasteiger partial charge in [-0.2, -0.15) is 0 Å². The minimum Gasteiger partial charge on any atom is -0.496 e. The zero-order valence-electron chi connectivity index (χ0n) is 21.2. The van der Waals surface area contributed by atoms with Crippen molar-refractivity contribution in [2.24, 2.45) is 5.92 Å². The molecule has 6 heteroatoms. The van der Waals surface area contributed by atoms with E-state index in [4.69, 9.17) is 20.6 Å². The van der Waals surface area contributed by atoms with Crippen molar-refractivity contribution < 1.29 is 24.1 Å². The van der Waals surface area contributed by atoms with Crippen molar-refractivity contribution in [2.45, 2.75) is 26.3 Å². The van der Waals surface area contributed by atoms with Crippen molar-refractivity contribution in [2.75, 3.05) is 20.3 Å². The van der Waals surface area contributed by atoms with Crippen molar-refractivity contribution in [1.82, 2.24) is 4.57 Å². The first kappa shape index (κ1) is 25.7. The lowest BCUT2D eigenvalue weighted by Crippen LogP contribution is -2.11. The third-order valence-corrected chi connectivity index (χ3v) is 6.27. The molecule has 0 spiro atoms. The number of nitrogens with zero attached hydrogens (tertiary/aromatic N) is 1. The first-order valence-corrected chi connectivity index (χ1v) is 12.3. The Kier molecular flexibility index (Phi) is 8.05. The third-order valence-electron chi connectivity index (χ3n) is 6.27. The van der Waals surface area contributed by atoms with Crippen LogP contribution in [0.5, 0.6) is 11.5 Å². The Morgan fingerprint density at radius 1 is 1.19 bits per heavy atom. The smallest absolute Gasteiger partial charge is 0.353 e. The number of rotatable bonds is 12. The van der Waals surface area contributed by atoms with Gasteiger partial charge in [0.2, 0.25) is 0 Å². The summed E-state index contributed by atoms with van der Waals surface area (Å²) in [7, 11) is 1.53. The number of allylic oxidation sites excluding steroid dienone is 4. The van der Waals surface area contributed by atoms with E-state index in [1.807, 2.05) is 49.4 Å². The van der Waals surface area contributed by atoms with Gasteiger partial charge in [-0.05, 0) is 73.2 Å². The topological polar surface area (TPSA) is 69.9 Å². The Hall–Kier alpha value is -4.37. The minimum absolute atomic E-state index is 0.169. The van der Waals surface area contributed by atoms with Gasteiger partial charge in [0.1, 0.15) is 23.0 Å². The van der Waals surface area contributed by atoms with Crippen molar-refractivity contribution in [3.63, 3.8) is 0 Å². The van der Waals surface area contributed by atoms with Gasteiger partial charge in [-0.1, -0.05) is 30.7 Å². The van der Waals surface area contributed by atoms with Crippen molar-refractivity contribution in [3.05, 3.63) is 84.3 Å². The molecule has 0 radical (unpaired) electrons. The summed E-state index contributed by atoms with van der Waals surface area (Å²) in [6.07, 6.45) is 12.8. The molecule has 190 valence electrons. The van der Waals surface area contributed by atoms with E-state index < -0.39 is 5.97 Å². The molecule has 1 aromatic heterocycles. The number of aromatic carboxylic acids is 1. The molecule has 1 N–H and O–H groups in total. The van der Waals surface area contributed by atoms with Gasteiger partial charge in [-0.3, -0.25) is 0 Å². The quantitative estimate of drug-likeness (QED) is 0.176. The minimum atomic E-state index is -1.03. The lowest BCUT2D eigenvalue weighted by atomic mass is 10.0. The molecule has 1 fully saturated rings. The molecule has 1 heterocycles. The fourth-order valence-corrected chi connectivity index (χ4v) is 4.26. The maximum absolute atomic E-state index is 12.7. The molecule has 6 nitrogen and oxygen atoms in total. The molecule has 0 aliphatic heterocycles. The van der Waals surface area contributed by atoms with Crippen LogP contribution < -0.4 is 9.47 Å². The fraction of sp³-hybridized carbons (Fsp3) is 0.258. The lowest BCUT2D eigenvalue weighted by Gasteiger charge is -2.11. The van der Waals surface area contributed by atoms with E-state index in [1.165, 1.54) is 26.0 Å². The van der Waals surface area contributed by atoms with E-state index in [2.05, 4.69) is 12.5 Å². The molecule has 3 aromatic rings. The molecule has 1 aliphatic carbocycles. The Morgan fingerprint density at radius 2 is 1.92 bits per heavy atom. The lowest BCUT2D eigenvalue weighted by molar-refractivity contribution is 0.0687. The Morgan fingerprint density at radius 3 is 2.51 bits per heavy atom. The largest absolute Gasteiger partial charge is 0.496 e. The van der Waals surface area contributed by atoms with Gasteiger partial charge >= 0.3 is 5.97 Å². The highest BCUT2D eigenvalue weighted by atomic mass is 16.5. The van der Waals surface area contributed by atoms with E-state index in [1.54, 1.807) is 16.7 Å². The highest BCUT2D eigenvalue weighted by Crippen LogP contribution is 2.38. The van der Waals surface area contributed by atoms with Gasteiger partial charge in [0, 0.05) is 29.1 Å². The van der Waals surface area contributed by atoms with Crippen LogP contribution in [0.2, 0.25) is 0 Å². The van der Waals surface area contributed by atoms with Crippen LogP contribution in [-0.2, 0) is 11.3 Å². The number of methoxy groups -OCH3 is 1. The van der Waals surface area contributed by atoms with Gasteiger partial charge in [-0.15, -0.1) is 6.42 Å². The highest BCUT2D eigenvalue weighted by molar-refractivity contribution is 6.08. The number of aromatic nitrogens is 1. The zero-order chi connectivity index (χ0) is 26.4. The van der Waals surface area contributed by atoms with Crippen LogP contribution in [-0.4, -0.2) is 36.0 Å². The highest BCUT2D eigenvalue weighted by Gasteiger charge is 2.25. The van der Waals surface area contributed by atoms with Crippen LogP contribution in [0.1, 0.15) is 30.3 Å². The summed E-state index contributed by atoms with van der Waals surface area (Å²) in [5, 5.41) is 11.2. The van der Waals surface area contributed by atoms with E-state index in [0.717, 1.165) is 27.8 Å². The predicted molar refractivity (Wildman–Crippen MR) is 146 cm³/mol. The Bertz CT molecular complexity index is 1400. The fourth-order valence-electron chi connectivity index (χ4n) is 4.26. The van der Waals surface area contributed by atoms with Crippen LogP contribution in [0.3, 0.4) is 0 Å². The number of terminal acetylenes is 1. The molecule has 0 unspecified atom stereocenters. The van der Waals surface area contributed by atoms with E-state index in [-0.39, 0.29) is 12.2 Å². The van der Waals surface area contributed by atoms with Gasteiger partial charge in [-0.25, -0.2) is 4.79 Å². The van der Waals surface area contributed by atoms with Crippen LogP contribution in [0.4, 0.5) is 0 Å². The maximum Gasteiger partial charge on any atom is 0.353 e. The zero-order valence-corrected chi connectivity index (χ0v) is 21.2. The second kappa shape index (κ2) is 11.6. The van der Waals surface area contributed by atoms with Crippen molar-refractivity contribution >= 4 is 16.9 Å². The number of hydrogen-bond acceptors (Lipinski definition) is 4. The first-order chi connectivity index (χ1) is 18.0. The average molecular weight is 498 g/mol. The summed E-state index contributed by atoms with van der Waals surface area (Å²) in [6, 6.07) is 13.2. The van der Waals surface area contributed by atoms with Crippen LogP contribution >= 0.6 is 0 Å². The van der Waals surface area contributed by atoms with Crippen LogP contribution in [0.25, 0.3) is 22.0 Å². The molecule has 4 rings (SSSR count). The van der Waals surface area contributed by atoms with E-state index in [9.17, 15) is 9.90 Å². The summed E-state index contributed by atoms with van der Waals surface area (Å²) in [5.41, 5.74) is 3.07. The summed E-state index contributed by atoms with van der Waals surface area (Å²) >= 11 is 0. The van der Waals surface area contributed by atoms with Gasteiger partial charge in [0.25, 0.3) is 0 Å². The second-order valence-corrected chi connectivity index (χ2v) is 8.85. The molecular weight excluding hydrogens is 466 g/mol. The van der Waals surface area contributed by atoms with Gasteiger partial charge < -0.3 is 23.9 Å². The Balaban J connectivity index is 1.85. The number of benzene rings is 2. The first-order valence-electron chi connectivity index (χ1n) is 12.3. The molecule has 0 atom stereocenters. The van der Waals surface area contributed by atoms with E-state index in [0.29, 0.717) is 36.2 Å². The average Bonchev–Trinajstić information content (AvgIpc) is 3.68. The van der Waals surface area contributed by atoms with Crippen LogP contribution in [0, 0.1) is 18.3 Å². The van der Waals surface area contributed by atoms with Gasteiger partial charge in [0.05, 0.1) is 20.3 Å². The molecule has 37 heavy (non-hydrogen) atoms. The molecule has 0 saturated heterocycles. The van der Waals surface area contributed by atoms with Crippen molar-refractivity contribution in [1.29, 1.82) is 0 Å². The standard InChI is InChI=1S/C31H31NO5/c1-5-8-25(35-4)17-21(6-2)19-32-28-16-15-26(36-7-3)18-27(28)29(30(32)31(33)34)23-11-13-24(14-12-23)37-20-22-9-10-22/h1,6,8,11-18,22H,2,7,9-10,19-20H2,3-4H3,(H,33,34)/b21-17+,25-8+. The Labute approximate surface area is 217 Å². The maximum atomic E-state index is 12.7. The number of hydrogen-bond donors (Lipinski definition) is 1.